The minimum absolute atomic E-state index is 0.109. The van der Waals surface area contributed by atoms with Gasteiger partial charge in [0.2, 0.25) is 0 Å². The fourth-order valence-corrected chi connectivity index (χ4v) is 1.75. The summed E-state index contributed by atoms with van der Waals surface area (Å²) in [4.78, 5) is 13.5. The van der Waals surface area contributed by atoms with Crippen molar-refractivity contribution in [1.82, 2.24) is 4.90 Å². The van der Waals surface area contributed by atoms with E-state index in [-0.39, 0.29) is 12.0 Å². The normalized spacial score (nSPS) is 29.2. The molecular formula is C9H15NO3. The third kappa shape index (κ3) is 2.00. The Hall–Kier alpha value is -0.610. The van der Waals surface area contributed by atoms with Gasteiger partial charge in [0.15, 0.2) is 0 Å². The molecule has 0 aromatic heterocycles. The molecular weight excluding hydrogens is 170 g/mol. The Bertz CT molecular complexity index is 183. The molecule has 0 spiro atoms. The number of carbonyl (C=O) groups excluding carboxylic acids is 1. The van der Waals surface area contributed by atoms with Crippen LogP contribution in [0, 0.1) is 0 Å². The summed E-state index contributed by atoms with van der Waals surface area (Å²) in [5, 5.41) is 0. The zero-order chi connectivity index (χ0) is 9.10. The molecule has 0 aromatic carbocycles. The fourth-order valence-electron chi connectivity index (χ4n) is 1.75. The summed E-state index contributed by atoms with van der Waals surface area (Å²) in [5.74, 6) is 0.109. The lowest BCUT2D eigenvalue weighted by atomic mass is 10.2. The highest BCUT2D eigenvalue weighted by Gasteiger charge is 2.28. The number of ether oxygens (including phenoxy) is 2. The quantitative estimate of drug-likeness (QED) is 0.592. The summed E-state index contributed by atoms with van der Waals surface area (Å²) in [6, 6.07) is 0. The van der Waals surface area contributed by atoms with Crippen LogP contribution < -0.4 is 0 Å². The standard InChI is InChI=1S/C9H15NO3/c11-9(8-3-1-6-13-8)10-4-2-5-12-7-10/h8H,1-7H2/t8-/m0/s1. The van der Waals surface area contributed by atoms with Crippen LogP contribution in [0.15, 0.2) is 0 Å². The van der Waals surface area contributed by atoms with Crippen molar-refractivity contribution in [2.45, 2.75) is 25.4 Å². The average Bonchev–Trinajstić information content (AvgIpc) is 2.71. The second kappa shape index (κ2) is 4.07. The zero-order valence-corrected chi connectivity index (χ0v) is 7.70. The van der Waals surface area contributed by atoms with Gasteiger partial charge in [0, 0.05) is 13.2 Å². The van der Waals surface area contributed by atoms with E-state index < -0.39 is 0 Å². The van der Waals surface area contributed by atoms with Crippen molar-refractivity contribution in [3.05, 3.63) is 0 Å². The monoisotopic (exact) mass is 185 g/mol. The molecule has 74 valence electrons. The molecule has 0 aromatic rings. The molecule has 2 aliphatic rings. The Morgan fingerprint density at radius 3 is 2.85 bits per heavy atom. The lowest BCUT2D eigenvalue weighted by Gasteiger charge is -2.28. The average molecular weight is 185 g/mol. The van der Waals surface area contributed by atoms with Crippen LogP contribution in [0.25, 0.3) is 0 Å². The highest BCUT2D eigenvalue weighted by molar-refractivity contribution is 5.81. The van der Waals surface area contributed by atoms with E-state index in [4.69, 9.17) is 9.47 Å². The topological polar surface area (TPSA) is 38.8 Å². The van der Waals surface area contributed by atoms with Crippen molar-refractivity contribution < 1.29 is 14.3 Å². The Balaban J connectivity index is 1.87. The van der Waals surface area contributed by atoms with Gasteiger partial charge >= 0.3 is 0 Å². The van der Waals surface area contributed by atoms with Crippen molar-refractivity contribution in [2.24, 2.45) is 0 Å². The fraction of sp³-hybridized carbons (Fsp3) is 0.889. The molecule has 4 nitrogen and oxygen atoms in total. The van der Waals surface area contributed by atoms with Gasteiger partial charge in [-0.15, -0.1) is 0 Å². The van der Waals surface area contributed by atoms with E-state index >= 15 is 0 Å². The summed E-state index contributed by atoms with van der Waals surface area (Å²) in [6.07, 6.45) is 2.63. The third-order valence-corrected chi connectivity index (χ3v) is 2.48. The number of hydrogen-bond donors (Lipinski definition) is 0. The van der Waals surface area contributed by atoms with Gasteiger partial charge in [-0.05, 0) is 19.3 Å². The second-order valence-corrected chi connectivity index (χ2v) is 3.49. The number of amides is 1. The first-order chi connectivity index (χ1) is 6.38. The van der Waals surface area contributed by atoms with E-state index in [0.717, 1.165) is 39.0 Å². The lowest BCUT2D eigenvalue weighted by Crippen LogP contribution is -2.43. The molecule has 0 bridgehead atoms. The number of rotatable bonds is 1. The molecule has 0 N–H and O–H groups in total. The van der Waals surface area contributed by atoms with E-state index in [9.17, 15) is 4.79 Å². The van der Waals surface area contributed by atoms with Crippen LogP contribution in [0.3, 0.4) is 0 Å². The molecule has 0 radical (unpaired) electrons. The maximum absolute atomic E-state index is 11.7. The molecule has 1 amide bonds. The van der Waals surface area contributed by atoms with Gasteiger partial charge in [0.1, 0.15) is 12.8 Å². The summed E-state index contributed by atoms with van der Waals surface area (Å²) in [6.45, 7) is 2.76. The van der Waals surface area contributed by atoms with Gasteiger partial charge < -0.3 is 14.4 Å². The first-order valence-corrected chi connectivity index (χ1v) is 4.86. The van der Waals surface area contributed by atoms with E-state index in [1.807, 2.05) is 0 Å². The maximum atomic E-state index is 11.7. The molecule has 1 atom stereocenters. The maximum Gasteiger partial charge on any atom is 0.253 e. The van der Waals surface area contributed by atoms with Crippen molar-refractivity contribution >= 4 is 5.91 Å². The first kappa shape index (κ1) is 8.97. The molecule has 2 aliphatic heterocycles. The summed E-state index contributed by atoms with van der Waals surface area (Å²) >= 11 is 0. The molecule has 2 rings (SSSR count). The van der Waals surface area contributed by atoms with Crippen LogP contribution in [0.4, 0.5) is 0 Å². The predicted octanol–water partition coefficient (Wildman–Crippen LogP) is 0.372. The van der Waals surface area contributed by atoms with Gasteiger partial charge in [-0.2, -0.15) is 0 Å². The number of carbonyl (C=O) groups is 1. The van der Waals surface area contributed by atoms with Crippen molar-refractivity contribution in [3.63, 3.8) is 0 Å². The Kier molecular flexibility index (Phi) is 2.80. The van der Waals surface area contributed by atoms with Crippen LogP contribution in [0.5, 0.6) is 0 Å². The van der Waals surface area contributed by atoms with Crippen molar-refractivity contribution in [2.75, 3.05) is 26.5 Å². The summed E-state index contributed by atoms with van der Waals surface area (Å²) in [5.41, 5.74) is 0. The minimum atomic E-state index is -0.193. The third-order valence-electron chi connectivity index (χ3n) is 2.48. The molecule has 0 saturated carbocycles. The Morgan fingerprint density at radius 1 is 1.31 bits per heavy atom. The van der Waals surface area contributed by atoms with Crippen LogP contribution in [0.2, 0.25) is 0 Å². The lowest BCUT2D eigenvalue weighted by molar-refractivity contribution is -0.150. The van der Waals surface area contributed by atoms with Crippen LogP contribution >= 0.6 is 0 Å². The Morgan fingerprint density at radius 2 is 2.23 bits per heavy atom. The largest absolute Gasteiger partial charge is 0.368 e. The van der Waals surface area contributed by atoms with Gasteiger partial charge in [0.25, 0.3) is 5.91 Å². The van der Waals surface area contributed by atoms with Crippen LogP contribution in [-0.2, 0) is 14.3 Å². The van der Waals surface area contributed by atoms with E-state index in [2.05, 4.69) is 0 Å². The second-order valence-electron chi connectivity index (χ2n) is 3.49. The van der Waals surface area contributed by atoms with E-state index in [1.165, 1.54) is 0 Å². The van der Waals surface area contributed by atoms with E-state index in [1.54, 1.807) is 4.90 Å². The van der Waals surface area contributed by atoms with Gasteiger partial charge in [-0.3, -0.25) is 4.79 Å². The van der Waals surface area contributed by atoms with Crippen molar-refractivity contribution in [3.8, 4) is 0 Å². The first-order valence-electron chi connectivity index (χ1n) is 4.86. The number of nitrogens with zero attached hydrogens (tertiary/aromatic N) is 1. The summed E-state index contributed by atoms with van der Waals surface area (Å²) < 4.78 is 10.5. The SMILES string of the molecule is O=C([C@@H]1CCCO1)N1CCCOC1. The highest BCUT2D eigenvalue weighted by Crippen LogP contribution is 2.15. The zero-order valence-electron chi connectivity index (χ0n) is 7.70. The van der Waals surface area contributed by atoms with Crippen molar-refractivity contribution in [1.29, 1.82) is 0 Å². The molecule has 13 heavy (non-hydrogen) atoms. The summed E-state index contributed by atoms with van der Waals surface area (Å²) in [7, 11) is 0. The smallest absolute Gasteiger partial charge is 0.253 e. The van der Waals surface area contributed by atoms with Gasteiger partial charge in [-0.1, -0.05) is 0 Å². The van der Waals surface area contributed by atoms with E-state index in [0.29, 0.717) is 6.73 Å². The van der Waals surface area contributed by atoms with Crippen LogP contribution in [-0.4, -0.2) is 43.4 Å². The molecule has 4 heteroatoms. The molecule has 0 aliphatic carbocycles. The minimum Gasteiger partial charge on any atom is -0.368 e. The van der Waals surface area contributed by atoms with Gasteiger partial charge in [-0.25, -0.2) is 0 Å². The van der Waals surface area contributed by atoms with Gasteiger partial charge in [0.05, 0.1) is 6.61 Å². The number of hydrogen-bond acceptors (Lipinski definition) is 3. The molecule has 2 heterocycles. The predicted molar refractivity (Wildman–Crippen MR) is 46.1 cm³/mol. The molecule has 0 unspecified atom stereocenters. The molecule has 2 fully saturated rings. The molecule has 2 saturated heterocycles. The Labute approximate surface area is 77.8 Å². The van der Waals surface area contributed by atoms with Crippen LogP contribution in [0.1, 0.15) is 19.3 Å². The highest BCUT2D eigenvalue weighted by atomic mass is 16.5.